The first-order valence-electron chi connectivity index (χ1n) is 14.2. The molecule has 2 saturated carbocycles. The van der Waals surface area contributed by atoms with Crippen LogP contribution in [0, 0.1) is 22.7 Å². The molecule has 1 aromatic rings. The van der Waals surface area contributed by atoms with Crippen LogP contribution in [0.1, 0.15) is 63.7 Å². The Morgan fingerprint density at radius 2 is 1.87 bits per heavy atom. The van der Waals surface area contributed by atoms with Gasteiger partial charge in [0.15, 0.2) is 6.29 Å². The molecule has 4 fully saturated rings. The fourth-order valence-corrected chi connectivity index (χ4v) is 8.51. The number of carbonyl (C=O) groups is 1. The third-order valence-corrected chi connectivity index (χ3v) is 10.6. The van der Waals surface area contributed by atoms with Crippen LogP contribution < -0.4 is 0 Å². The van der Waals surface area contributed by atoms with E-state index in [1.54, 1.807) is 12.1 Å². The molecule has 2 aliphatic heterocycles. The number of aliphatic hydroxyl groups is 1. The van der Waals surface area contributed by atoms with Crippen LogP contribution in [0.4, 0.5) is 0 Å². The van der Waals surface area contributed by atoms with Crippen molar-refractivity contribution < 1.29 is 28.8 Å². The molecule has 1 aromatic carbocycles. The Morgan fingerprint density at radius 3 is 2.53 bits per heavy atom. The number of esters is 1. The highest BCUT2D eigenvalue weighted by atomic mass is 16.7. The number of hydrogen-bond acceptors (Lipinski definition) is 7. The molecule has 2 saturated heterocycles. The second kappa shape index (κ2) is 9.13. The summed E-state index contributed by atoms with van der Waals surface area (Å²) < 4.78 is 26.1. The Morgan fingerprint density at radius 1 is 1.13 bits per heavy atom. The van der Waals surface area contributed by atoms with Crippen molar-refractivity contribution in [3.63, 3.8) is 0 Å². The summed E-state index contributed by atoms with van der Waals surface area (Å²) in [7, 11) is 4.06. The second-order valence-electron chi connectivity index (χ2n) is 13.3. The fourth-order valence-electron chi connectivity index (χ4n) is 8.51. The van der Waals surface area contributed by atoms with Crippen molar-refractivity contribution in [3.8, 4) is 0 Å². The standard InChI is InChI=1S/C31H43NO6/c1-18-12-15-31(34)26(38-28(33)19-10-8-7-9-11-19)24-20-17-35-21(20)13-14-30(24,4)27-25(23(18)29(31,2)3)36-22(37-27)16-32(5)6/h7-11,20-22,24-27,34H,12-17H2,1-6H3/t20?,21?,22?,24?,25?,26-,27?,30?,31?/m0/s1. The van der Waals surface area contributed by atoms with Gasteiger partial charge < -0.3 is 29.0 Å². The zero-order chi connectivity index (χ0) is 27.0. The topological polar surface area (TPSA) is 77.5 Å². The summed E-state index contributed by atoms with van der Waals surface area (Å²) in [6.45, 7) is 9.93. The van der Waals surface area contributed by atoms with Gasteiger partial charge in [-0.25, -0.2) is 4.79 Å². The minimum Gasteiger partial charge on any atom is -0.455 e. The number of hydrogen-bond donors (Lipinski definition) is 1. The van der Waals surface area contributed by atoms with E-state index in [2.05, 4.69) is 32.6 Å². The molecule has 7 heteroatoms. The maximum absolute atomic E-state index is 13.6. The van der Waals surface area contributed by atoms with Crippen LogP contribution in [0.5, 0.6) is 0 Å². The second-order valence-corrected chi connectivity index (χ2v) is 13.3. The van der Waals surface area contributed by atoms with Gasteiger partial charge in [-0.3, -0.25) is 0 Å². The minimum absolute atomic E-state index is 0.121. The van der Waals surface area contributed by atoms with E-state index in [0.29, 0.717) is 25.1 Å². The van der Waals surface area contributed by atoms with E-state index in [1.165, 1.54) is 5.57 Å². The lowest BCUT2D eigenvalue weighted by molar-refractivity contribution is -0.273. The number of ether oxygens (including phenoxy) is 4. The first kappa shape index (κ1) is 26.5. The van der Waals surface area contributed by atoms with Crippen LogP contribution in [0.25, 0.3) is 0 Å². The molecule has 1 N–H and O–H groups in total. The van der Waals surface area contributed by atoms with Crippen LogP contribution in [0.2, 0.25) is 0 Å². The zero-order valence-electron chi connectivity index (χ0n) is 23.6. The van der Waals surface area contributed by atoms with Crippen LogP contribution in [-0.4, -0.2) is 79.5 Å². The lowest BCUT2D eigenvalue weighted by Crippen LogP contribution is -2.72. The SMILES string of the molecule is CC1=C2C3OC(CN(C)C)OC3C3(C)CCC4OCC4C3[C@H](OC(=O)c3ccccc3)C(O)(CC1)C2(C)C. The molecule has 208 valence electrons. The molecule has 5 aliphatic rings. The van der Waals surface area contributed by atoms with Gasteiger partial charge in [0.05, 0.1) is 24.4 Å². The predicted molar refractivity (Wildman–Crippen MR) is 142 cm³/mol. The van der Waals surface area contributed by atoms with Crippen molar-refractivity contribution in [1.29, 1.82) is 0 Å². The quantitative estimate of drug-likeness (QED) is 0.466. The minimum atomic E-state index is -1.26. The van der Waals surface area contributed by atoms with Crippen molar-refractivity contribution in [1.82, 2.24) is 4.90 Å². The van der Waals surface area contributed by atoms with E-state index in [1.807, 2.05) is 32.3 Å². The summed E-state index contributed by atoms with van der Waals surface area (Å²) in [5.41, 5.74) is 0.552. The van der Waals surface area contributed by atoms with Gasteiger partial charge in [0.25, 0.3) is 0 Å². The lowest BCUT2D eigenvalue weighted by Gasteiger charge is -2.64. The first-order chi connectivity index (χ1) is 18.0. The number of nitrogens with zero attached hydrogens (tertiary/aromatic N) is 1. The van der Waals surface area contributed by atoms with Crippen LogP contribution in [0.3, 0.4) is 0 Å². The summed E-state index contributed by atoms with van der Waals surface area (Å²) >= 11 is 0. The summed E-state index contributed by atoms with van der Waals surface area (Å²) in [4.78, 5) is 15.7. The molecular formula is C31H43NO6. The van der Waals surface area contributed by atoms with Crippen molar-refractivity contribution in [2.45, 2.75) is 89.7 Å². The highest BCUT2D eigenvalue weighted by Crippen LogP contribution is 2.64. The van der Waals surface area contributed by atoms with Gasteiger partial charge in [0.2, 0.25) is 0 Å². The average molecular weight is 526 g/mol. The molecule has 7 nitrogen and oxygen atoms in total. The van der Waals surface area contributed by atoms with Crippen molar-refractivity contribution in [2.24, 2.45) is 22.7 Å². The summed E-state index contributed by atoms with van der Waals surface area (Å²) in [6.07, 6.45) is 1.66. The van der Waals surface area contributed by atoms with E-state index in [0.717, 1.165) is 24.8 Å². The predicted octanol–water partition coefficient (Wildman–Crippen LogP) is 4.20. The van der Waals surface area contributed by atoms with Gasteiger partial charge in [-0.2, -0.15) is 0 Å². The highest BCUT2D eigenvalue weighted by molar-refractivity contribution is 5.89. The molecule has 2 bridgehead atoms. The van der Waals surface area contributed by atoms with Crippen LogP contribution in [-0.2, 0) is 18.9 Å². The molecule has 0 radical (unpaired) electrons. The molecule has 0 amide bonds. The molecule has 0 aromatic heterocycles. The van der Waals surface area contributed by atoms with E-state index in [9.17, 15) is 9.90 Å². The normalized spacial score (nSPS) is 43.3. The highest BCUT2D eigenvalue weighted by Gasteiger charge is 2.70. The van der Waals surface area contributed by atoms with Crippen molar-refractivity contribution in [2.75, 3.05) is 27.2 Å². The Kier molecular flexibility index (Phi) is 6.36. The van der Waals surface area contributed by atoms with E-state index in [4.69, 9.17) is 18.9 Å². The molecule has 6 rings (SSSR count). The molecule has 38 heavy (non-hydrogen) atoms. The number of likely N-dealkylation sites (N-methyl/N-ethyl adjacent to an activating group) is 1. The molecule has 8 unspecified atom stereocenters. The van der Waals surface area contributed by atoms with E-state index in [-0.39, 0.29) is 47.8 Å². The molecule has 0 spiro atoms. The largest absolute Gasteiger partial charge is 0.455 e. The van der Waals surface area contributed by atoms with Gasteiger partial charge in [0.1, 0.15) is 17.8 Å². The zero-order valence-corrected chi connectivity index (χ0v) is 23.6. The third-order valence-electron chi connectivity index (χ3n) is 10.6. The van der Waals surface area contributed by atoms with Gasteiger partial charge in [-0.15, -0.1) is 0 Å². The molecular weight excluding hydrogens is 482 g/mol. The smallest absolute Gasteiger partial charge is 0.338 e. The van der Waals surface area contributed by atoms with Gasteiger partial charge in [-0.1, -0.05) is 44.5 Å². The average Bonchev–Trinajstić information content (AvgIpc) is 3.25. The molecule has 9 atom stereocenters. The number of rotatable bonds is 4. The number of carbonyl (C=O) groups excluding carboxylic acids is 1. The Labute approximate surface area is 226 Å². The summed E-state index contributed by atoms with van der Waals surface area (Å²) in [5, 5.41) is 12.9. The Bertz CT molecular complexity index is 1120. The summed E-state index contributed by atoms with van der Waals surface area (Å²) in [5.74, 6) is -0.322. The maximum atomic E-state index is 13.6. The van der Waals surface area contributed by atoms with E-state index < -0.39 is 17.1 Å². The van der Waals surface area contributed by atoms with Crippen molar-refractivity contribution >= 4 is 5.97 Å². The van der Waals surface area contributed by atoms with Gasteiger partial charge >= 0.3 is 5.97 Å². The van der Waals surface area contributed by atoms with Gasteiger partial charge in [0, 0.05) is 29.2 Å². The Hall–Kier alpha value is -1.77. The Balaban J connectivity index is 1.52. The first-order valence-corrected chi connectivity index (χ1v) is 14.2. The maximum Gasteiger partial charge on any atom is 0.338 e. The van der Waals surface area contributed by atoms with Gasteiger partial charge in [-0.05, 0) is 64.4 Å². The monoisotopic (exact) mass is 525 g/mol. The van der Waals surface area contributed by atoms with Crippen molar-refractivity contribution in [3.05, 3.63) is 47.0 Å². The lowest BCUT2D eigenvalue weighted by atomic mass is 9.46. The molecule has 3 aliphatic carbocycles. The number of fused-ring (bicyclic) bond motifs is 8. The third kappa shape index (κ3) is 3.76. The van der Waals surface area contributed by atoms with E-state index >= 15 is 0 Å². The molecule has 2 heterocycles. The fraction of sp³-hybridized carbons (Fsp3) is 0.710. The van der Waals surface area contributed by atoms with Crippen LogP contribution >= 0.6 is 0 Å². The number of benzene rings is 1. The summed E-state index contributed by atoms with van der Waals surface area (Å²) in [6, 6.07) is 9.14. The van der Waals surface area contributed by atoms with Crippen LogP contribution in [0.15, 0.2) is 41.5 Å². The number of allylic oxidation sites excluding steroid dienone is 1.